The number of hydrogen-bond acceptors (Lipinski definition) is 7. The maximum absolute atomic E-state index is 10.1. The molecule has 86 valence electrons. The summed E-state index contributed by atoms with van der Waals surface area (Å²) in [4.78, 5) is 30.0. The average molecular weight is 365 g/mol. The van der Waals surface area contributed by atoms with E-state index < -0.39 is 36.4 Å². The number of carbonyl (C=O) groups is 3. The summed E-state index contributed by atoms with van der Waals surface area (Å²) in [6.07, 6.45) is -2.72. The number of carbonyl (C=O) groups excluding carboxylic acids is 3. The Morgan fingerprint density at radius 1 is 1.00 bits per heavy atom. The fourth-order valence-corrected chi connectivity index (χ4v) is 0.684. The van der Waals surface area contributed by atoms with E-state index >= 15 is 0 Å². The Balaban J connectivity index is -0.000000720. The van der Waals surface area contributed by atoms with E-state index in [2.05, 4.69) is 0 Å². The molecular formula is C6H5CeClO7-4. The van der Waals surface area contributed by atoms with Crippen LogP contribution in [0.2, 0.25) is 0 Å². The second-order valence-corrected chi connectivity index (χ2v) is 2.42. The third kappa shape index (κ3) is 7.91. The Labute approximate surface area is 124 Å². The third-order valence-electron chi connectivity index (χ3n) is 1.25. The van der Waals surface area contributed by atoms with Crippen molar-refractivity contribution in [2.45, 2.75) is 18.4 Å². The summed E-state index contributed by atoms with van der Waals surface area (Å²) in [7, 11) is 0. The second kappa shape index (κ2) is 8.22. The summed E-state index contributed by atoms with van der Waals surface area (Å²) in [5, 5.41) is 38.9. The van der Waals surface area contributed by atoms with Gasteiger partial charge in [-0.25, -0.2) is 0 Å². The van der Waals surface area contributed by atoms with Crippen molar-refractivity contribution in [3.8, 4) is 0 Å². The molecule has 0 saturated carbocycles. The fourth-order valence-electron chi connectivity index (χ4n) is 0.684. The molecule has 1 N–H and O–H groups in total. The van der Waals surface area contributed by atoms with E-state index in [0.717, 1.165) is 0 Å². The summed E-state index contributed by atoms with van der Waals surface area (Å²) in [5.41, 5.74) is -2.97. The first-order valence-electron chi connectivity index (χ1n) is 3.11. The maximum atomic E-state index is 10.1. The van der Waals surface area contributed by atoms with E-state index in [1.54, 1.807) is 0 Å². The molecule has 0 radical (unpaired) electrons. The van der Waals surface area contributed by atoms with Gasteiger partial charge in [0.1, 0.15) is 5.60 Å². The van der Waals surface area contributed by atoms with Crippen LogP contribution >= 0.6 is 0 Å². The molecule has 0 aromatic rings. The molecule has 0 bridgehead atoms. The molecule has 0 unspecified atom stereocenters. The minimum atomic E-state index is -2.97. The number of carboxylic acid groups (broad SMARTS) is 3. The van der Waals surface area contributed by atoms with Gasteiger partial charge in [0.2, 0.25) is 0 Å². The van der Waals surface area contributed by atoms with Crippen molar-refractivity contribution < 1.29 is 89.0 Å². The van der Waals surface area contributed by atoms with E-state index in [9.17, 15) is 29.7 Å². The summed E-state index contributed by atoms with van der Waals surface area (Å²) >= 11 is 0. The zero-order valence-corrected chi connectivity index (χ0v) is 11.1. The largest absolute Gasteiger partial charge is 1.00 e. The van der Waals surface area contributed by atoms with Gasteiger partial charge in [-0.1, -0.05) is 0 Å². The molecule has 9 heteroatoms. The molecule has 0 amide bonds. The third-order valence-corrected chi connectivity index (χ3v) is 1.25. The molecule has 0 rings (SSSR count). The van der Waals surface area contributed by atoms with Gasteiger partial charge in [-0.2, -0.15) is 0 Å². The average Bonchev–Trinajstić information content (AvgIpc) is 1.82. The Bertz CT molecular complexity index is 238. The number of aliphatic carboxylic acids is 3. The number of hydrogen-bond donors (Lipinski definition) is 1. The number of aliphatic hydroxyl groups is 1. The minimum absolute atomic E-state index is 0. The Morgan fingerprint density at radius 3 is 1.40 bits per heavy atom. The van der Waals surface area contributed by atoms with Crippen LogP contribution in [0.15, 0.2) is 0 Å². The van der Waals surface area contributed by atoms with Crippen LogP contribution in [0.5, 0.6) is 0 Å². The first-order valence-corrected chi connectivity index (χ1v) is 3.11. The Hall–Kier alpha value is 0.0366. The topological polar surface area (TPSA) is 141 Å². The SMILES string of the molecule is O=C([O-])CC(O)(CC(=O)[O-])C(=O)[O-].[Ce].[Cl-]. The van der Waals surface area contributed by atoms with Gasteiger partial charge in [-0.05, 0) is 0 Å². The van der Waals surface area contributed by atoms with Crippen LogP contribution in [-0.4, -0.2) is 28.6 Å². The molecular weight excluding hydrogens is 360 g/mol. The van der Waals surface area contributed by atoms with Crippen molar-refractivity contribution >= 4 is 17.9 Å². The Kier molecular flexibility index (Phi) is 11.2. The molecule has 0 aliphatic rings. The van der Waals surface area contributed by atoms with Crippen LogP contribution in [0, 0.1) is 41.7 Å². The summed E-state index contributed by atoms with van der Waals surface area (Å²) in [5.74, 6) is -5.98. The molecule has 0 aromatic heterocycles. The van der Waals surface area contributed by atoms with E-state index in [1.807, 2.05) is 0 Å². The standard InChI is InChI=1S/C6H8O7.Ce.ClH/c7-3(8)1-6(13,5(11)12)2-4(9)10;;/h13H,1-2H2,(H,7,8)(H,9,10)(H,11,12);;1H/p-4. The van der Waals surface area contributed by atoms with Gasteiger partial charge in [0.05, 0.1) is 5.97 Å². The monoisotopic (exact) mass is 364 g/mol. The van der Waals surface area contributed by atoms with Crippen LogP contribution < -0.4 is 27.7 Å². The van der Waals surface area contributed by atoms with Gasteiger partial charge in [0.25, 0.3) is 0 Å². The predicted molar refractivity (Wildman–Crippen MR) is 29.2 cm³/mol. The van der Waals surface area contributed by atoms with Gasteiger partial charge in [0, 0.05) is 66.5 Å². The van der Waals surface area contributed by atoms with E-state index in [1.165, 1.54) is 0 Å². The van der Waals surface area contributed by atoms with Crippen LogP contribution in [0.4, 0.5) is 0 Å². The predicted octanol–water partition coefficient (Wildman–Crippen LogP) is -8.25. The van der Waals surface area contributed by atoms with Gasteiger partial charge >= 0.3 is 0 Å². The summed E-state index contributed by atoms with van der Waals surface area (Å²) in [6, 6.07) is 0. The molecule has 0 saturated heterocycles. The van der Waals surface area contributed by atoms with Crippen molar-refractivity contribution in [3.63, 3.8) is 0 Å². The van der Waals surface area contributed by atoms with Crippen LogP contribution in [0.1, 0.15) is 12.8 Å². The second-order valence-electron chi connectivity index (χ2n) is 2.42. The first-order chi connectivity index (χ1) is 5.78. The number of halogens is 1. The van der Waals surface area contributed by atoms with Crippen LogP contribution in [0.3, 0.4) is 0 Å². The summed E-state index contributed by atoms with van der Waals surface area (Å²) < 4.78 is 0. The number of carboxylic acids is 3. The zero-order chi connectivity index (χ0) is 10.6. The fraction of sp³-hybridized carbons (Fsp3) is 0.500. The van der Waals surface area contributed by atoms with Gasteiger partial charge in [0.15, 0.2) is 0 Å². The van der Waals surface area contributed by atoms with Crippen molar-refractivity contribution in [2.24, 2.45) is 0 Å². The molecule has 0 atom stereocenters. The molecule has 0 aliphatic heterocycles. The van der Waals surface area contributed by atoms with Gasteiger partial charge in [-0.15, -0.1) is 0 Å². The maximum Gasteiger partial charge on any atom is 0.114 e. The summed E-state index contributed by atoms with van der Waals surface area (Å²) in [6.45, 7) is 0. The molecule has 15 heavy (non-hydrogen) atoms. The smallest absolute Gasteiger partial charge is 0.114 e. The molecule has 7 nitrogen and oxygen atoms in total. The minimum Gasteiger partial charge on any atom is -1.00 e. The molecule has 0 spiro atoms. The molecule has 0 fully saturated rings. The van der Waals surface area contributed by atoms with Crippen LogP contribution in [-0.2, 0) is 14.4 Å². The van der Waals surface area contributed by atoms with Crippen LogP contribution in [0.25, 0.3) is 0 Å². The van der Waals surface area contributed by atoms with Crippen molar-refractivity contribution in [3.05, 3.63) is 0 Å². The van der Waals surface area contributed by atoms with Crippen molar-refractivity contribution in [2.75, 3.05) is 0 Å². The van der Waals surface area contributed by atoms with Crippen molar-refractivity contribution in [1.29, 1.82) is 0 Å². The Morgan fingerprint density at radius 2 is 1.27 bits per heavy atom. The molecule has 0 aromatic carbocycles. The van der Waals surface area contributed by atoms with Gasteiger partial charge in [-0.3, -0.25) is 0 Å². The number of rotatable bonds is 5. The normalized spacial score (nSPS) is 9.40. The first kappa shape index (κ1) is 20.4. The molecule has 0 heterocycles. The van der Waals surface area contributed by atoms with E-state index in [4.69, 9.17) is 5.11 Å². The zero-order valence-electron chi connectivity index (χ0n) is 7.19. The quantitative estimate of drug-likeness (QED) is 0.510. The van der Waals surface area contributed by atoms with Gasteiger partial charge < -0.3 is 47.2 Å². The molecule has 0 aliphatic carbocycles. The van der Waals surface area contributed by atoms with Crippen molar-refractivity contribution in [1.82, 2.24) is 0 Å². The van der Waals surface area contributed by atoms with E-state index in [0.29, 0.717) is 0 Å². The van der Waals surface area contributed by atoms with E-state index in [-0.39, 0.29) is 54.2 Å².